The molecule has 0 aromatic rings. The summed E-state index contributed by atoms with van der Waals surface area (Å²) in [5, 5.41) is 0. The minimum atomic E-state index is -0.452. The molecule has 156 valence electrons. The molecule has 0 radical (unpaired) electrons. The second-order valence-electron chi connectivity index (χ2n) is 10.6. The number of esters is 2. The SMILES string of the molecule is CC(OC(=O)CC(=O)OC(C)C1CCCC(C)(C)C1)C1CCCC(C)(C)C1. The van der Waals surface area contributed by atoms with E-state index >= 15 is 0 Å². The van der Waals surface area contributed by atoms with Crippen molar-refractivity contribution in [2.24, 2.45) is 22.7 Å². The summed E-state index contributed by atoms with van der Waals surface area (Å²) < 4.78 is 11.1. The van der Waals surface area contributed by atoms with Gasteiger partial charge >= 0.3 is 11.9 Å². The molecule has 0 aromatic carbocycles. The van der Waals surface area contributed by atoms with Gasteiger partial charge in [-0.15, -0.1) is 0 Å². The normalized spacial score (nSPS) is 29.4. The second-order valence-corrected chi connectivity index (χ2v) is 10.6. The first kappa shape index (κ1) is 22.2. The molecule has 4 heteroatoms. The van der Waals surface area contributed by atoms with E-state index in [0.717, 1.165) is 25.7 Å². The quantitative estimate of drug-likeness (QED) is 0.440. The Morgan fingerprint density at radius 2 is 1.19 bits per heavy atom. The number of rotatable bonds is 6. The van der Waals surface area contributed by atoms with Crippen molar-refractivity contribution in [2.45, 2.75) is 112 Å². The monoisotopic (exact) mass is 380 g/mol. The summed E-state index contributed by atoms with van der Waals surface area (Å²) in [6.45, 7) is 13.0. The highest BCUT2D eigenvalue weighted by molar-refractivity contribution is 5.91. The maximum Gasteiger partial charge on any atom is 0.317 e. The van der Waals surface area contributed by atoms with E-state index in [-0.39, 0.29) is 18.6 Å². The van der Waals surface area contributed by atoms with Crippen molar-refractivity contribution in [3.8, 4) is 0 Å². The lowest BCUT2D eigenvalue weighted by Crippen LogP contribution is -2.34. The Hall–Kier alpha value is -1.06. The Balaban J connectivity index is 1.75. The zero-order valence-electron chi connectivity index (χ0n) is 18.3. The van der Waals surface area contributed by atoms with E-state index < -0.39 is 11.9 Å². The molecule has 0 spiro atoms. The van der Waals surface area contributed by atoms with E-state index in [1.165, 1.54) is 25.7 Å². The Labute approximate surface area is 165 Å². The molecule has 0 amide bonds. The molecule has 0 saturated heterocycles. The molecule has 27 heavy (non-hydrogen) atoms. The van der Waals surface area contributed by atoms with E-state index in [2.05, 4.69) is 27.7 Å². The molecule has 2 aliphatic rings. The summed E-state index contributed by atoms with van der Waals surface area (Å²) in [6.07, 6.45) is 8.59. The summed E-state index contributed by atoms with van der Waals surface area (Å²) in [5.74, 6) is -0.131. The molecule has 4 nitrogen and oxygen atoms in total. The molecule has 0 heterocycles. The molecular weight excluding hydrogens is 340 g/mol. The number of hydrogen-bond donors (Lipinski definition) is 0. The Kier molecular flexibility index (Phi) is 7.38. The average molecular weight is 381 g/mol. The van der Waals surface area contributed by atoms with Gasteiger partial charge in [-0.2, -0.15) is 0 Å². The predicted octanol–water partition coefficient (Wildman–Crippen LogP) is 5.67. The molecule has 4 atom stereocenters. The molecular formula is C23H40O4. The van der Waals surface area contributed by atoms with Crippen LogP contribution in [-0.4, -0.2) is 24.1 Å². The summed E-state index contributed by atoms with van der Waals surface area (Å²) in [6, 6.07) is 0. The third-order valence-electron chi connectivity index (χ3n) is 6.74. The first-order valence-corrected chi connectivity index (χ1v) is 10.9. The van der Waals surface area contributed by atoms with Crippen LogP contribution in [0.2, 0.25) is 0 Å². The van der Waals surface area contributed by atoms with Crippen molar-refractivity contribution in [2.75, 3.05) is 0 Å². The molecule has 4 unspecified atom stereocenters. The molecule has 2 saturated carbocycles. The van der Waals surface area contributed by atoms with E-state index in [0.29, 0.717) is 22.7 Å². The van der Waals surface area contributed by atoms with Gasteiger partial charge in [-0.1, -0.05) is 40.5 Å². The number of ether oxygens (including phenoxy) is 2. The molecule has 0 bridgehead atoms. The van der Waals surface area contributed by atoms with Crippen LogP contribution < -0.4 is 0 Å². The lowest BCUT2D eigenvalue weighted by atomic mass is 9.71. The van der Waals surface area contributed by atoms with Crippen molar-refractivity contribution in [3.63, 3.8) is 0 Å². The fraction of sp³-hybridized carbons (Fsp3) is 0.913. The molecule has 0 N–H and O–H groups in total. The van der Waals surface area contributed by atoms with E-state index in [4.69, 9.17) is 9.47 Å². The number of hydrogen-bond acceptors (Lipinski definition) is 4. The van der Waals surface area contributed by atoms with Crippen LogP contribution in [0.3, 0.4) is 0 Å². The smallest absolute Gasteiger partial charge is 0.317 e. The van der Waals surface area contributed by atoms with E-state index in [9.17, 15) is 9.59 Å². The zero-order valence-corrected chi connectivity index (χ0v) is 18.3. The van der Waals surface area contributed by atoms with Crippen LogP contribution in [0, 0.1) is 22.7 Å². The standard InChI is InChI=1S/C23H40O4/c1-16(18-9-7-11-22(3,4)14-18)26-20(24)13-21(25)27-17(2)19-10-8-12-23(5,6)15-19/h16-19H,7-15H2,1-6H3. The van der Waals surface area contributed by atoms with Crippen LogP contribution in [0.15, 0.2) is 0 Å². The van der Waals surface area contributed by atoms with Crippen LogP contribution in [-0.2, 0) is 19.1 Å². The van der Waals surface area contributed by atoms with Crippen molar-refractivity contribution in [3.05, 3.63) is 0 Å². The average Bonchev–Trinajstić information content (AvgIpc) is 2.52. The molecule has 2 aliphatic carbocycles. The molecule has 2 fully saturated rings. The van der Waals surface area contributed by atoms with Crippen molar-refractivity contribution in [1.82, 2.24) is 0 Å². The minimum Gasteiger partial charge on any atom is -0.462 e. The van der Waals surface area contributed by atoms with Gasteiger partial charge in [0.1, 0.15) is 18.6 Å². The van der Waals surface area contributed by atoms with Gasteiger partial charge in [0.15, 0.2) is 0 Å². The topological polar surface area (TPSA) is 52.6 Å². The zero-order chi connectivity index (χ0) is 20.2. The second kappa shape index (κ2) is 8.96. The molecule has 0 aromatic heterocycles. The van der Waals surface area contributed by atoms with Crippen LogP contribution >= 0.6 is 0 Å². The van der Waals surface area contributed by atoms with Crippen molar-refractivity contribution in [1.29, 1.82) is 0 Å². The highest BCUT2D eigenvalue weighted by atomic mass is 16.6. The number of carbonyl (C=O) groups excluding carboxylic acids is 2. The maximum absolute atomic E-state index is 12.2. The van der Waals surface area contributed by atoms with Gasteiger partial charge in [0.2, 0.25) is 0 Å². The van der Waals surface area contributed by atoms with Gasteiger partial charge in [0, 0.05) is 0 Å². The summed E-state index contributed by atoms with van der Waals surface area (Å²) in [7, 11) is 0. The largest absolute Gasteiger partial charge is 0.462 e. The van der Waals surface area contributed by atoms with Gasteiger partial charge in [-0.05, 0) is 75.0 Å². The van der Waals surface area contributed by atoms with Gasteiger partial charge < -0.3 is 9.47 Å². The van der Waals surface area contributed by atoms with Gasteiger partial charge in [0.25, 0.3) is 0 Å². The van der Waals surface area contributed by atoms with E-state index in [1.807, 2.05) is 13.8 Å². The Morgan fingerprint density at radius 1 is 0.815 bits per heavy atom. The highest BCUT2D eigenvalue weighted by Crippen LogP contribution is 2.41. The first-order chi connectivity index (χ1) is 12.5. The van der Waals surface area contributed by atoms with Gasteiger partial charge in [-0.25, -0.2) is 0 Å². The Bertz CT molecular complexity index is 476. The molecule has 2 rings (SSSR count). The maximum atomic E-state index is 12.2. The van der Waals surface area contributed by atoms with Crippen LogP contribution in [0.1, 0.15) is 99.3 Å². The third-order valence-corrected chi connectivity index (χ3v) is 6.74. The van der Waals surface area contributed by atoms with Gasteiger partial charge in [0.05, 0.1) is 0 Å². The van der Waals surface area contributed by atoms with E-state index in [1.54, 1.807) is 0 Å². The minimum absolute atomic E-state index is 0.138. The van der Waals surface area contributed by atoms with Crippen molar-refractivity contribution >= 4 is 11.9 Å². The van der Waals surface area contributed by atoms with Crippen LogP contribution in [0.25, 0.3) is 0 Å². The fourth-order valence-electron chi connectivity index (χ4n) is 5.12. The lowest BCUT2D eigenvalue weighted by Gasteiger charge is -2.38. The highest BCUT2D eigenvalue weighted by Gasteiger charge is 2.34. The molecule has 0 aliphatic heterocycles. The summed E-state index contributed by atoms with van der Waals surface area (Å²) in [5.41, 5.74) is 0.622. The Morgan fingerprint density at radius 3 is 1.52 bits per heavy atom. The van der Waals surface area contributed by atoms with Gasteiger partial charge in [-0.3, -0.25) is 9.59 Å². The summed E-state index contributed by atoms with van der Waals surface area (Å²) in [4.78, 5) is 24.4. The fourth-order valence-corrected chi connectivity index (χ4v) is 5.12. The number of carbonyl (C=O) groups is 2. The first-order valence-electron chi connectivity index (χ1n) is 10.9. The van der Waals surface area contributed by atoms with Crippen molar-refractivity contribution < 1.29 is 19.1 Å². The van der Waals surface area contributed by atoms with Crippen LogP contribution in [0.5, 0.6) is 0 Å². The predicted molar refractivity (Wildman–Crippen MR) is 107 cm³/mol. The summed E-state index contributed by atoms with van der Waals surface area (Å²) >= 11 is 0. The van der Waals surface area contributed by atoms with Crippen LogP contribution in [0.4, 0.5) is 0 Å². The lowest BCUT2D eigenvalue weighted by molar-refractivity contribution is -0.163. The third kappa shape index (κ3) is 7.12.